The third kappa shape index (κ3) is 3.90. The Labute approximate surface area is 133 Å². The van der Waals surface area contributed by atoms with Crippen molar-refractivity contribution >= 4 is 29.0 Å². The lowest BCUT2D eigenvalue weighted by atomic mass is 10.1. The highest BCUT2D eigenvalue weighted by molar-refractivity contribution is 6.32. The topological polar surface area (TPSA) is 35.5 Å². The van der Waals surface area contributed by atoms with E-state index in [2.05, 4.69) is 0 Å². The monoisotopic (exact) mass is 324 g/mol. The average Bonchev–Trinajstić information content (AvgIpc) is 2.48. The van der Waals surface area contributed by atoms with Gasteiger partial charge in [0.05, 0.1) is 12.1 Å². The average molecular weight is 325 g/mol. The molecule has 0 unspecified atom stereocenters. The molecule has 0 bridgehead atoms. The fraction of sp³-hybridized carbons (Fsp3) is 0.188. The van der Waals surface area contributed by atoms with Gasteiger partial charge in [-0.05, 0) is 48.9 Å². The van der Waals surface area contributed by atoms with Crippen LogP contribution in [-0.2, 0) is 0 Å². The predicted octanol–water partition coefficient (Wildman–Crippen LogP) is 4.57. The fourth-order valence-corrected chi connectivity index (χ4v) is 2.15. The number of ketones is 1. The molecule has 3 nitrogen and oxygen atoms in total. The summed E-state index contributed by atoms with van der Waals surface area (Å²) in [5, 5.41) is 1.06. The van der Waals surface area contributed by atoms with Crippen LogP contribution in [0.1, 0.15) is 15.9 Å². The van der Waals surface area contributed by atoms with Crippen LogP contribution >= 0.6 is 23.2 Å². The second-order valence-corrected chi connectivity index (χ2v) is 5.29. The summed E-state index contributed by atoms with van der Waals surface area (Å²) in [5.74, 6) is 0.972. The van der Waals surface area contributed by atoms with E-state index in [1.54, 1.807) is 36.4 Å². The Bertz CT molecular complexity index is 669. The van der Waals surface area contributed by atoms with Crippen molar-refractivity contribution in [3.8, 4) is 11.5 Å². The van der Waals surface area contributed by atoms with Gasteiger partial charge in [-0.15, -0.1) is 0 Å². The molecule has 2 aromatic rings. The molecule has 0 atom stereocenters. The van der Waals surface area contributed by atoms with E-state index in [4.69, 9.17) is 32.7 Å². The highest BCUT2D eigenvalue weighted by Gasteiger charge is 2.10. The van der Waals surface area contributed by atoms with Crippen molar-refractivity contribution in [2.24, 2.45) is 0 Å². The van der Waals surface area contributed by atoms with Gasteiger partial charge in [-0.3, -0.25) is 4.79 Å². The minimum Gasteiger partial charge on any atom is -0.495 e. The first-order chi connectivity index (χ1) is 10.0. The molecule has 0 aromatic heterocycles. The summed E-state index contributed by atoms with van der Waals surface area (Å²) in [5.41, 5.74) is 1.38. The molecule has 0 saturated heterocycles. The first-order valence-electron chi connectivity index (χ1n) is 6.27. The van der Waals surface area contributed by atoms with Crippen LogP contribution in [-0.4, -0.2) is 19.5 Å². The second-order valence-electron chi connectivity index (χ2n) is 4.47. The lowest BCUT2D eigenvalue weighted by Crippen LogP contribution is -2.11. The summed E-state index contributed by atoms with van der Waals surface area (Å²) in [4.78, 5) is 12.1. The molecule has 0 amide bonds. The molecule has 0 heterocycles. The number of hydrogen-bond acceptors (Lipinski definition) is 3. The van der Waals surface area contributed by atoms with Crippen LogP contribution < -0.4 is 9.47 Å². The van der Waals surface area contributed by atoms with Gasteiger partial charge < -0.3 is 9.47 Å². The maximum Gasteiger partial charge on any atom is 0.200 e. The molecule has 0 saturated carbocycles. The van der Waals surface area contributed by atoms with Gasteiger partial charge in [0.25, 0.3) is 0 Å². The third-order valence-corrected chi connectivity index (χ3v) is 3.69. The van der Waals surface area contributed by atoms with E-state index in [0.717, 1.165) is 5.56 Å². The maximum atomic E-state index is 12.1. The Kier molecular flexibility index (Phi) is 5.10. The van der Waals surface area contributed by atoms with Gasteiger partial charge in [-0.1, -0.05) is 23.2 Å². The van der Waals surface area contributed by atoms with E-state index in [-0.39, 0.29) is 12.4 Å². The van der Waals surface area contributed by atoms with Gasteiger partial charge in [0.15, 0.2) is 12.4 Å². The van der Waals surface area contributed by atoms with Gasteiger partial charge in [0.2, 0.25) is 0 Å². The standard InChI is InChI=1S/C16H14Cl2O3/c1-10-7-12(4-5-13(10)17)21-9-15(19)11-3-6-16(20-2)14(18)8-11/h3-8H,9H2,1-2H3. The number of halogens is 2. The van der Waals surface area contributed by atoms with Crippen molar-refractivity contribution in [2.75, 3.05) is 13.7 Å². The van der Waals surface area contributed by atoms with E-state index >= 15 is 0 Å². The number of methoxy groups -OCH3 is 1. The number of Topliss-reactive ketones (excluding diaryl/α,β-unsaturated/α-hetero) is 1. The Balaban J connectivity index is 2.04. The lowest BCUT2D eigenvalue weighted by Gasteiger charge is -2.08. The molecule has 2 aromatic carbocycles. The zero-order chi connectivity index (χ0) is 15.4. The largest absolute Gasteiger partial charge is 0.495 e. The normalized spacial score (nSPS) is 10.3. The van der Waals surface area contributed by atoms with Gasteiger partial charge in [-0.2, -0.15) is 0 Å². The van der Waals surface area contributed by atoms with Gasteiger partial charge in [0, 0.05) is 10.6 Å². The molecule has 0 N–H and O–H groups in total. The van der Waals surface area contributed by atoms with E-state index in [9.17, 15) is 4.79 Å². The number of benzene rings is 2. The molecule has 5 heteroatoms. The fourth-order valence-electron chi connectivity index (χ4n) is 1.78. The van der Waals surface area contributed by atoms with Crippen molar-refractivity contribution in [3.63, 3.8) is 0 Å². The Morgan fingerprint density at radius 2 is 1.86 bits per heavy atom. The highest BCUT2D eigenvalue weighted by Crippen LogP contribution is 2.25. The summed E-state index contributed by atoms with van der Waals surface area (Å²) in [6.07, 6.45) is 0. The minimum atomic E-state index is -0.160. The van der Waals surface area contributed by atoms with Crippen molar-refractivity contribution in [3.05, 3.63) is 57.6 Å². The molecule has 21 heavy (non-hydrogen) atoms. The third-order valence-electron chi connectivity index (χ3n) is 2.97. The van der Waals surface area contributed by atoms with Crippen LogP contribution in [0.25, 0.3) is 0 Å². The molecule has 0 aliphatic carbocycles. The Hall–Kier alpha value is -1.71. The zero-order valence-corrected chi connectivity index (χ0v) is 13.2. The smallest absolute Gasteiger partial charge is 0.200 e. The molecular weight excluding hydrogens is 311 g/mol. The van der Waals surface area contributed by atoms with Gasteiger partial charge in [0.1, 0.15) is 11.5 Å². The van der Waals surface area contributed by atoms with Crippen molar-refractivity contribution in [1.82, 2.24) is 0 Å². The number of carbonyl (C=O) groups excluding carboxylic acids is 1. The van der Waals surface area contributed by atoms with Crippen molar-refractivity contribution in [1.29, 1.82) is 0 Å². The van der Waals surface area contributed by atoms with Crippen LogP contribution in [0.3, 0.4) is 0 Å². The van der Waals surface area contributed by atoms with E-state index in [1.807, 2.05) is 6.92 Å². The summed E-state index contributed by atoms with van der Waals surface area (Å²) >= 11 is 11.9. The lowest BCUT2D eigenvalue weighted by molar-refractivity contribution is 0.0921. The number of aryl methyl sites for hydroxylation is 1. The van der Waals surface area contributed by atoms with Crippen LogP contribution in [0.5, 0.6) is 11.5 Å². The number of hydrogen-bond donors (Lipinski definition) is 0. The Morgan fingerprint density at radius 1 is 1.10 bits per heavy atom. The minimum absolute atomic E-state index is 0.0657. The molecule has 0 aliphatic rings. The molecule has 0 aliphatic heterocycles. The zero-order valence-electron chi connectivity index (χ0n) is 11.7. The van der Waals surface area contributed by atoms with E-state index < -0.39 is 0 Å². The number of ether oxygens (including phenoxy) is 2. The van der Waals surface area contributed by atoms with E-state index in [0.29, 0.717) is 27.1 Å². The summed E-state index contributed by atoms with van der Waals surface area (Å²) < 4.78 is 10.5. The van der Waals surface area contributed by atoms with Crippen molar-refractivity contribution in [2.45, 2.75) is 6.92 Å². The SMILES string of the molecule is COc1ccc(C(=O)COc2ccc(Cl)c(C)c2)cc1Cl. The van der Waals surface area contributed by atoms with E-state index in [1.165, 1.54) is 7.11 Å². The maximum absolute atomic E-state index is 12.1. The van der Waals surface area contributed by atoms with Crippen LogP contribution in [0.4, 0.5) is 0 Å². The molecule has 0 fully saturated rings. The summed E-state index contributed by atoms with van der Waals surface area (Å²) in [7, 11) is 1.52. The Morgan fingerprint density at radius 3 is 2.48 bits per heavy atom. The summed E-state index contributed by atoms with van der Waals surface area (Å²) in [6.45, 7) is 1.81. The molecular formula is C16H14Cl2O3. The van der Waals surface area contributed by atoms with Gasteiger partial charge >= 0.3 is 0 Å². The molecule has 0 spiro atoms. The van der Waals surface area contributed by atoms with Crippen LogP contribution in [0, 0.1) is 6.92 Å². The van der Waals surface area contributed by atoms with Crippen molar-refractivity contribution < 1.29 is 14.3 Å². The van der Waals surface area contributed by atoms with Crippen LogP contribution in [0.15, 0.2) is 36.4 Å². The quantitative estimate of drug-likeness (QED) is 0.755. The summed E-state index contributed by atoms with van der Waals surface area (Å²) in [6, 6.07) is 10.1. The first kappa shape index (κ1) is 15.7. The number of carbonyl (C=O) groups is 1. The van der Waals surface area contributed by atoms with Gasteiger partial charge in [-0.25, -0.2) is 0 Å². The molecule has 2 rings (SSSR count). The molecule has 0 radical (unpaired) electrons. The highest BCUT2D eigenvalue weighted by atomic mass is 35.5. The first-order valence-corrected chi connectivity index (χ1v) is 7.02. The second kappa shape index (κ2) is 6.83. The predicted molar refractivity (Wildman–Crippen MR) is 84.0 cm³/mol. The van der Waals surface area contributed by atoms with Crippen LogP contribution in [0.2, 0.25) is 10.0 Å². The number of rotatable bonds is 5. The molecule has 110 valence electrons.